The third-order valence-corrected chi connectivity index (χ3v) is 1.29. The maximum Gasteiger partial charge on any atom is 1.00 e. The molecule has 0 saturated carbocycles. The third kappa shape index (κ3) is 25.2. The van der Waals surface area contributed by atoms with Crippen LogP contribution in [0, 0.1) is 0 Å². The first-order chi connectivity index (χ1) is 7.31. The second kappa shape index (κ2) is 17.3. The van der Waals surface area contributed by atoms with Gasteiger partial charge in [-0.15, -0.1) is 0 Å². The van der Waals surface area contributed by atoms with Gasteiger partial charge in [-0.2, -0.15) is 0 Å². The maximum atomic E-state index is 9.86. The number of carbonyl (C=O) groups excluding carboxylic acids is 2. The number of carboxylic acids is 3. The van der Waals surface area contributed by atoms with Crippen molar-refractivity contribution >= 4 is 17.9 Å². The average Bonchev–Trinajstić information content (AvgIpc) is 2.14. The Morgan fingerprint density at radius 2 is 1.72 bits per heavy atom. The largest absolute Gasteiger partial charge is 1.00 e. The SMILES string of the molecule is CNCC(=O)O.NC(CCC(=O)[O-])C(=O)[O-].[Na+].[Na+]. The van der Waals surface area contributed by atoms with Gasteiger partial charge < -0.3 is 36.0 Å². The van der Waals surface area contributed by atoms with Gasteiger partial charge in [-0.25, -0.2) is 0 Å². The minimum absolute atomic E-state index is 0. The van der Waals surface area contributed by atoms with Crippen LogP contribution >= 0.6 is 0 Å². The third-order valence-electron chi connectivity index (χ3n) is 1.29. The molecule has 0 aromatic heterocycles. The first-order valence-corrected chi connectivity index (χ1v) is 4.34. The number of aliphatic carboxylic acids is 3. The van der Waals surface area contributed by atoms with Crippen LogP contribution in [0.5, 0.6) is 0 Å². The van der Waals surface area contributed by atoms with Crippen LogP contribution in [-0.4, -0.2) is 42.6 Å². The molecule has 10 heteroatoms. The average molecular weight is 280 g/mol. The molecule has 0 aromatic carbocycles. The molecular weight excluding hydrogens is 266 g/mol. The van der Waals surface area contributed by atoms with Gasteiger partial charge in [-0.3, -0.25) is 4.79 Å². The summed E-state index contributed by atoms with van der Waals surface area (Å²) >= 11 is 0. The Morgan fingerprint density at radius 3 is 1.89 bits per heavy atom. The van der Waals surface area contributed by atoms with E-state index in [2.05, 4.69) is 5.32 Å². The fourth-order valence-electron chi connectivity index (χ4n) is 0.542. The van der Waals surface area contributed by atoms with E-state index in [0.29, 0.717) is 0 Å². The summed E-state index contributed by atoms with van der Waals surface area (Å²) in [7, 11) is 1.59. The second-order valence-electron chi connectivity index (χ2n) is 2.76. The van der Waals surface area contributed by atoms with Crippen LogP contribution in [0.4, 0.5) is 0 Å². The van der Waals surface area contributed by atoms with Crippen LogP contribution in [0.1, 0.15) is 12.8 Å². The minimum Gasteiger partial charge on any atom is -0.550 e. The molecule has 0 aromatic rings. The van der Waals surface area contributed by atoms with Crippen molar-refractivity contribution in [2.75, 3.05) is 13.6 Å². The topological polar surface area (TPSA) is 156 Å². The van der Waals surface area contributed by atoms with Crippen LogP contribution in [0.3, 0.4) is 0 Å². The molecule has 0 fully saturated rings. The number of rotatable bonds is 6. The molecule has 0 heterocycles. The van der Waals surface area contributed by atoms with E-state index in [1.54, 1.807) is 7.05 Å². The van der Waals surface area contributed by atoms with Crippen molar-refractivity contribution in [3.8, 4) is 0 Å². The van der Waals surface area contributed by atoms with E-state index in [1.165, 1.54) is 0 Å². The van der Waals surface area contributed by atoms with Crippen molar-refractivity contribution in [3.63, 3.8) is 0 Å². The van der Waals surface area contributed by atoms with Gasteiger partial charge >= 0.3 is 65.1 Å². The summed E-state index contributed by atoms with van der Waals surface area (Å²) in [6.07, 6.45) is -0.500. The standard InChI is InChI=1S/C5H9NO4.C3H7NO2.2Na/c6-3(5(9)10)1-2-4(7)8;1-4-2-3(5)6;;/h3H,1-2,6H2,(H,7,8)(H,9,10);4H,2H2,1H3,(H,5,6);;/q;;2*+1/p-2. The zero-order valence-corrected chi connectivity index (χ0v) is 14.8. The maximum absolute atomic E-state index is 9.86. The smallest absolute Gasteiger partial charge is 0.550 e. The van der Waals surface area contributed by atoms with Gasteiger partial charge in [0.2, 0.25) is 0 Å². The summed E-state index contributed by atoms with van der Waals surface area (Å²) < 4.78 is 0. The Balaban J connectivity index is -0.000000108. The van der Waals surface area contributed by atoms with Crippen molar-refractivity contribution in [1.29, 1.82) is 0 Å². The molecule has 0 saturated heterocycles. The second-order valence-corrected chi connectivity index (χ2v) is 2.76. The number of nitrogens with two attached hydrogens (primary N) is 1. The quantitative estimate of drug-likeness (QED) is 0.405. The minimum atomic E-state index is -1.44. The van der Waals surface area contributed by atoms with Crippen LogP contribution in [-0.2, 0) is 14.4 Å². The Bertz CT molecular complexity index is 252. The number of hydrogen-bond acceptors (Lipinski definition) is 7. The molecule has 8 nitrogen and oxygen atoms in total. The van der Waals surface area contributed by atoms with Crippen molar-refractivity contribution in [2.45, 2.75) is 18.9 Å². The summed E-state index contributed by atoms with van der Waals surface area (Å²) in [5.41, 5.74) is 4.91. The van der Waals surface area contributed by atoms with Crippen LogP contribution in [0.2, 0.25) is 0 Å². The van der Waals surface area contributed by atoms with Crippen LogP contribution in [0.15, 0.2) is 0 Å². The predicted octanol–water partition coefficient (Wildman–Crippen LogP) is -10.1. The molecule has 0 aliphatic carbocycles. The van der Waals surface area contributed by atoms with E-state index in [4.69, 9.17) is 10.8 Å². The number of likely N-dealkylation sites (N-methyl/N-ethyl adjacent to an activating group) is 1. The first kappa shape index (κ1) is 26.8. The normalized spacial score (nSPS) is 9.67. The zero-order chi connectivity index (χ0) is 13.1. The zero-order valence-electron chi connectivity index (χ0n) is 10.8. The Hall–Kier alpha value is 0.330. The van der Waals surface area contributed by atoms with Crippen molar-refractivity contribution in [3.05, 3.63) is 0 Å². The number of carbonyl (C=O) groups is 3. The Morgan fingerprint density at radius 1 is 1.28 bits per heavy atom. The number of carboxylic acid groups (broad SMARTS) is 3. The summed E-state index contributed by atoms with van der Waals surface area (Å²) in [5, 5.41) is 29.9. The van der Waals surface area contributed by atoms with E-state index >= 15 is 0 Å². The van der Waals surface area contributed by atoms with Gasteiger partial charge in [0.05, 0.1) is 12.5 Å². The van der Waals surface area contributed by atoms with E-state index in [-0.39, 0.29) is 78.5 Å². The fraction of sp³-hybridized carbons (Fsp3) is 0.625. The molecule has 0 amide bonds. The molecule has 94 valence electrons. The van der Waals surface area contributed by atoms with Gasteiger partial charge in [-0.1, -0.05) is 0 Å². The Kier molecular flexibility index (Phi) is 25.8. The summed E-state index contributed by atoms with van der Waals surface area (Å²) in [5.74, 6) is -3.57. The van der Waals surface area contributed by atoms with Crippen LogP contribution < -0.4 is 80.4 Å². The van der Waals surface area contributed by atoms with E-state index in [9.17, 15) is 24.6 Å². The van der Waals surface area contributed by atoms with Crippen molar-refractivity contribution in [1.82, 2.24) is 5.32 Å². The van der Waals surface area contributed by atoms with E-state index in [1.807, 2.05) is 0 Å². The predicted molar refractivity (Wildman–Crippen MR) is 48.8 cm³/mol. The fourth-order valence-corrected chi connectivity index (χ4v) is 0.542. The van der Waals surface area contributed by atoms with E-state index < -0.39 is 23.9 Å². The summed E-state index contributed by atoms with van der Waals surface area (Å²) in [4.78, 5) is 29.1. The van der Waals surface area contributed by atoms with Gasteiger partial charge in [0.1, 0.15) is 0 Å². The molecule has 0 rings (SSSR count). The van der Waals surface area contributed by atoms with Crippen molar-refractivity contribution < 1.29 is 88.8 Å². The molecule has 0 aliphatic heterocycles. The molecule has 4 N–H and O–H groups in total. The van der Waals surface area contributed by atoms with Gasteiger partial charge in [0.25, 0.3) is 0 Å². The molecule has 0 radical (unpaired) electrons. The molecule has 1 unspecified atom stereocenters. The molecular formula is C8H14N2Na2O6. The van der Waals surface area contributed by atoms with Gasteiger partial charge in [-0.05, 0) is 19.9 Å². The van der Waals surface area contributed by atoms with Gasteiger partial charge in [0, 0.05) is 12.0 Å². The van der Waals surface area contributed by atoms with Gasteiger partial charge in [0.15, 0.2) is 0 Å². The molecule has 0 aliphatic rings. The van der Waals surface area contributed by atoms with E-state index in [0.717, 1.165) is 0 Å². The summed E-state index contributed by atoms with van der Waals surface area (Å²) in [6.45, 7) is 0.0417. The van der Waals surface area contributed by atoms with Crippen LogP contribution in [0.25, 0.3) is 0 Å². The summed E-state index contributed by atoms with van der Waals surface area (Å²) in [6, 6.07) is -1.21. The molecule has 0 bridgehead atoms. The van der Waals surface area contributed by atoms with Crippen molar-refractivity contribution in [2.24, 2.45) is 5.73 Å². The number of nitrogens with one attached hydrogen (secondary N) is 1. The Labute approximate surface area is 149 Å². The first-order valence-electron chi connectivity index (χ1n) is 4.34. The molecule has 1 atom stereocenters. The molecule has 18 heavy (non-hydrogen) atoms. The number of hydrogen-bond donors (Lipinski definition) is 3. The molecule has 0 spiro atoms. The monoisotopic (exact) mass is 280 g/mol.